The van der Waals surface area contributed by atoms with Gasteiger partial charge < -0.3 is 19.4 Å². The van der Waals surface area contributed by atoms with Gasteiger partial charge in [-0.25, -0.2) is 4.39 Å². The summed E-state index contributed by atoms with van der Waals surface area (Å²) in [7, 11) is 1.42. The molecule has 1 N–H and O–H groups in total. The summed E-state index contributed by atoms with van der Waals surface area (Å²) >= 11 is 0. The molecule has 2 saturated carbocycles. The lowest BCUT2D eigenvalue weighted by Crippen LogP contribution is -2.57. The van der Waals surface area contributed by atoms with E-state index in [2.05, 4.69) is 5.32 Å². The molecule has 1 heterocycles. The van der Waals surface area contributed by atoms with Gasteiger partial charge in [-0.2, -0.15) is 0 Å². The molecule has 0 radical (unpaired) electrons. The van der Waals surface area contributed by atoms with Crippen LogP contribution in [0.5, 0.6) is 5.75 Å². The Morgan fingerprint density at radius 3 is 2.41 bits per heavy atom. The minimum absolute atomic E-state index is 0.0175. The van der Waals surface area contributed by atoms with Crippen LogP contribution in [0, 0.1) is 17.2 Å². The fraction of sp³-hybridized carbons (Fsp3) is 0.312. The normalized spacial score (nSPS) is 21.7. The molecule has 0 saturated heterocycles. The molecular formula is C32H31FN2O4. The van der Waals surface area contributed by atoms with Gasteiger partial charge >= 0.3 is 5.97 Å². The third-order valence-corrected chi connectivity index (χ3v) is 8.23. The van der Waals surface area contributed by atoms with Crippen molar-refractivity contribution < 1.29 is 23.5 Å². The van der Waals surface area contributed by atoms with Crippen LogP contribution >= 0.6 is 0 Å². The fourth-order valence-electron chi connectivity index (χ4n) is 6.24. The predicted molar refractivity (Wildman–Crippen MR) is 146 cm³/mol. The zero-order valence-corrected chi connectivity index (χ0v) is 21.9. The number of esters is 1. The molecule has 200 valence electrons. The number of benzene rings is 3. The second kappa shape index (κ2) is 10.2. The van der Waals surface area contributed by atoms with Gasteiger partial charge in [0.15, 0.2) is 0 Å². The number of aromatic nitrogens is 1. The number of fused-ring (bicyclic) bond motifs is 1. The van der Waals surface area contributed by atoms with Crippen molar-refractivity contribution in [1.29, 1.82) is 0 Å². The van der Waals surface area contributed by atoms with Crippen molar-refractivity contribution in [3.63, 3.8) is 0 Å². The Kier molecular flexibility index (Phi) is 6.59. The molecule has 0 aliphatic heterocycles. The van der Waals surface area contributed by atoms with E-state index in [0.717, 1.165) is 42.6 Å². The summed E-state index contributed by atoms with van der Waals surface area (Å²) in [4.78, 5) is 25.0. The number of halogens is 1. The van der Waals surface area contributed by atoms with Crippen LogP contribution < -0.4 is 10.1 Å². The summed E-state index contributed by atoms with van der Waals surface area (Å²) in [6.07, 6.45) is 5.19. The Morgan fingerprint density at radius 2 is 1.69 bits per heavy atom. The maximum atomic E-state index is 14.7. The van der Waals surface area contributed by atoms with Gasteiger partial charge in [-0.3, -0.25) is 9.59 Å². The number of hydrogen-bond donors (Lipinski definition) is 1. The van der Waals surface area contributed by atoms with Crippen molar-refractivity contribution in [2.24, 2.45) is 11.3 Å². The number of ether oxygens (including phenoxy) is 2. The molecule has 0 bridgehead atoms. The summed E-state index contributed by atoms with van der Waals surface area (Å²) in [6, 6.07) is 22.5. The first-order chi connectivity index (χ1) is 18.9. The van der Waals surface area contributed by atoms with E-state index in [0.29, 0.717) is 29.6 Å². The van der Waals surface area contributed by atoms with Crippen molar-refractivity contribution >= 4 is 22.8 Å². The first-order valence-corrected chi connectivity index (χ1v) is 13.3. The van der Waals surface area contributed by atoms with Gasteiger partial charge in [-0.15, -0.1) is 0 Å². The third kappa shape index (κ3) is 5.01. The van der Waals surface area contributed by atoms with E-state index in [1.807, 2.05) is 65.4 Å². The number of methoxy groups -OCH3 is 1. The van der Waals surface area contributed by atoms with Gasteiger partial charge in [0.05, 0.1) is 24.1 Å². The van der Waals surface area contributed by atoms with E-state index >= 15 is 0 Å². The maximum Gasteiger partial charge on any atom is 0.308 e. The van der Waals surface area contributed by atoms with Crippen LogP contribution in [-0.4, -0.2) is 29.6 Å². The van der Waals surface area contributed by atoms with Crippen LogP contribution in [0.4, 0.5) is 4.39 Å². The Balaban J connectivity index is 1.12. The van der Waals surface area contributed by atoms with Crippen LogP contribution in [0.25, 0.3) is 10.9 Å². The zero-order valence-electron chi connectivity index (χ0n) is 21.9. The summed E-state index contributed by atoms with van der Waals surface area (Å²) in [6.45, 7) is 0.988. The van der Waals surface area contributed by atoms with Crippen LogP contribution in [0.1, 0.15) is 47.2 Å². The lowest BCUT2D eigenvalue weighted by Gasteiger charge is -2.56. The van der Waals surface area contributed by atoms with E-state index in [1.165, 1.54) is 13.2 Å². The van der Waals surface area contributed by atoms with Crippen molar-refractivity contribution in [2.45, 2.75) is 44.9 Å². The molecule has 6 nitrogen and oxygen atoms in total. The molecule has 7 heteroatoms. The smallest absolute Gasteiger partial charge is 0.308 e. The third-order valence-electron chi connectivity index (χ3n) is 8.23. The molecule has 1 spiro atoms. The zero-order chi connectivity index (χ0) is 27.0. The first-order valence-electron chi connectivity index (χ1n) is 13.3. The Hall–Kier alpha value is -4.13. The second-order valence-corrected chi connectivity index (χ2v) is 10.9. The number of nitrogens with one attached hydrogen (secondary N) is 1. The number of rotatable bonds is 8. The molecule has 0 atom stereocenters. The number of nitrogens with zero attached hydrogens (tertiary/aromatic N) is 1. The molecule has 1 aromatic heterocycles. The summed E-state index contributed by atoms with van der Waals surface area (Å²) in [5.74, 6) is 0.0611. The van der Waals surface area contributed by atoms with E-state index in [9.17, 15) is 14.0 Å². The second-order valence-electron chi connectivity index (χ2n) is 10.9. The Labute approximate surface area is 226 Å². The number of carbonyl (C=O) groups is 2. The highest BCUT2D eigenvalue weighted by Crippen LogP contribution is 2.59. The van der Waals surface area contributed by atoms with E-state index < -0.39 is 0 Å². The molecule has 1 amide bonds. The van der Waals surface area contributed by atoms with Crippen molar-refractivity contribution in [3.05, 3.63) is 102 Å². The topological polar surface area (TPSA) is 69.6 Å². The minimum atomic E-state index is -0.351. The van der Waals surface area contributed by atoms with E-state index in [1.54, 1.807) is 12.1 Å². The predicted octanol–water partition coefficient (Wildman–Crippen LogP) is 5.87. The standard InChI is InChI=1S/C32H31FN2O4/c1-38-31(37)23-15-32(16-23)17-24(18-32)34-30(36)27-11-12-28(33)26-13-14-35(29(26)27)19-21-7-9-25(10-8-21)39-20-22-5-3-2-4-6-22/h2-14,23-24H,15-20H2,1H3,(H,34,36). The number of hydrogen-bond acceptors (Lipinski definition) is 4. The summed E-state index contributed by atoms with van der Waals surface area (Å²) in [5, 5.41) is 3.56. The van der Waals surface area contributed by atoms with Crippen molar-refractivity contribution in [2.75, 3.05) is 7.11 Å². The molecule has 2 fully saturated rings. The monoisotopic (exact) mass is 526 g/mol. The van der Waals surface area contributed by atoms with Crippen LogP contribution in [0.2, 0.25) is 0 Å². The number of amides is 1. The molecule has 3 aromatic carbocycles. The van der Waals surface area contributed by atoms with E-state index in [-0.39, 0.29) is 35.1 Å². The van der Waals surface area contributed by atoms with Crippen molar-refractivity contribution in [3.8, 4) is 5.75 Å². The first kappa shape index (κ1) is 25.2. The van der Waals surface area contributed by atoms with Crippen LogP contribution in [0.3, 0.4) is 0 Å². The lowest BCUT2D eigenvalue weighted by atomic mass is 9.50. The molecule has 2 aliphatic carbocycles. The highest BCUT2D eigenvalue weighted by Gasteiger charge is 2.55. The van der Waals surface area contributed by atoms with Gasteiger partial charge in [-0.1, -0.05) is 42.5 Å². The minimum Gasteiger partial charge on any atom is -0.489 e. The quantitative estimate of drug-likeness (QED) is 0.292. The average molecular weight is 527 g/mol. The van der Waals surface area contributed by atoms with Gasteiger partial charge in [0, 0.05) is 24.2 Å². The maximum absolute atomic E-state index is 14.7. The Morgan fingerprint density at radius 1 is 0.949 bits per heavy atom. The average Bonchev–Trinajstić information content (AvgIpc) is 3.33. The van der Waals surface area contributed by atoms with Crippen LogP contribution in [0.15, 0.2) is 79.0 Å². The van der Waals surface area contributed by atoms with Gasteiger partial charge in [0.25, 0.3) is 5.91 Å². The van der Waals surface area contributed by atoms with Gasteiger partial charge in [0.2, 0.25) is 0 Å². The Bertz CT molecular complexity index is 1500. The fourth-order valence-corrected chi connectivity index (χ4v) is 6.24. The van der Waals surface area contributed by atoms with E-state index in [4.69, 9.17) is 9.47 Å². The highest BCUT2D eigenvalue weighted by atomic mass is 19.1. The largest absolute Gasteiger partial charge is 0.489 e. The van der Waals surface area contributed by atoms with Gasteiger partial charge in [0.1, 0.15) is 18.2 Å². The summed E-state index contributed by atoms with van der Waals surface area (Å²) in [5.41, 5.74) is 3.30. The summed E-state index contributed by atoms with van der Waals surface area (Å²) < 4.78 is 27.3. The molecule has 39 heavy (non-hydrogen) atoms. The van der Waals surface area contributed by atoms with Crippen molar-refractivity contribution in [1.82, 2.24) is 9.88 Å². The molecule has 0 unspecified atom stereocenters. The van der Waals surface area contributed by atoms with Crippen LogP contribution in [-0.2, 0) is 22.7 Å². The molecule has 4 aromatic rings. The molecule has 6 rings (SSSR count). The lowest BCUT2D eigenvalue weighted by molar-refractivity contribution is -0.159. The number of carbonyl (C=O) groups excluding carboxylic acids is 2. The highest BCUT2D eigenvalue weighted by molar-refractivity contribution is 6.06. The SMILES string of the molecule is COC(=O)C1CC2(CC(NC(=O)c3ccc(F)c4ccn(Cc5ccc(OCc6ccccc6)cc5)c34)C2)C1. The molecule has 2 aliphatic rings. The van der Waals surface area contributed by atoms with Gasteiger partial charge in [-0.05, 0) is 72.6 Å². The molecular weight excluding hydrogens is 495 g/mol.